The van der Waals surface area contributed by atoms with Gasteiger partial charge in [0.25, 0.3) is 0 Å². The van der Waals surface area contributed by atoms with Crippen LogP contribution < -0.4 is 0 Å². The monoisotopic (exact) mass is 408 g/mol. The summed E-state index contributed by atoms with van der Waals surface area (Å²) in [6, 6.07) is 6.55. The van der Waals surface area contributed by atoms with Gasteiger partial charge in [0, 0.05) is 17.2 Å². The highest BCUT2D eigenvalue weighted by atomic mass is 19.4. The molecule has 29 heavy (non-hydrogen) atoms. The normalized spacial score (nSPS) is 16.0. The van der Waals surface area contributed by atoms with Crippen molar-refractivity contribution in [1.82, 2.24) is 9.88 Å². The van der Waals surface area contributed by atoms with Crippen LogP contribution in [-0.4, -0.2) is 41.6 Å². The molecule has 3 rings (SSSR count). The van der Waals surface area contributed by atoms with Crippen LogP contribution in [0, 0.1) is 11.7 Å². The first-order valence-electron chi connectivity index (χ1n) is 9.24. The smallest absolute Gasteiger partial charge is 0.306 e. The van der Waals surface area contributed by atoms with Crippen molar-refractivity contribution in [2.45, 2.75) is 25.4 Å². The van der Waals surface area contributed by atoms with Gasteiger partial charge in [0.1, 0.15) is 11.5 Å². The molecule has 1 fully saturated rings. The van der Waals surface area contributed by atoms with E-state index in [-0.39, 0.29) is 23.1 Å². The first-order valence-corrected chi connectivity index (χ1v) is 9.24. The molecule has 1 aliphatic heterocycles. The molecule has 0 radical (unpaired) electrons. The second-order valence-electron chi connectivity index (χ2n) is 7.24. The number of hydrogen-bond acceptors (Lipinski definition) is 4. The maximum Gasteiger partial charge on any atom is 0.417 e. The van der Waals surface area contributed by atoms with Crippen molar-refractivity contribution in [3.8, 4) is 0 Å². The molecule has 0 aliphatic carbocycles. The van der Waals surface area contributed by atoms with Gasteiger partial charge in [-0.25, -0.2) is 9.37 Å². The fourth-order valence-electron chi connectivity index (χ4n) is 3.45. The number of halogens is 4. The summed E-state index contributed by atoms with van der Waals surface area (Å²) in [7, 11) is 1.98. The minimum atomic E-state index is -4.85. The van der Waals surface area contributed by atoms with E-state index in [1.165, 1.54) is 6.07 Å². The third kappa shape index (κ3) is 5.06. The molecule has 1 aromatic heterocycles. The van der Waals surface area contributed by atoms with Crippen molar-refractivity contribution in [2.75, 3.05) is 20.1 Å². The van der Waals surface area contributed by atoms with Gasteiger partial charge in [-0.2, -0.15) is 13.2 Å². The van der Waals surface area contributed by atoms with Gasteiger partial charge in [-0.05, 0) is 63.3 Å². The Morgan fingerprint density at radius 2 is 1.83 bits per heavy atom. The van der Waals surface area contributed by atoms with E-state index in [4.69, 9.17) is 0 Å². The highest BCUT2D eigenvalue weighted by molar-refractivity contribution is 5.99. The maximum absolute atomic E-state index is 13.2. The van der Waals surface area contributed by atoms with Crippen molar-refractivity contribution < 1.29 is 27.2 Å². The molecule has 0 bridgehead atoms. The van der Waals surface area contributed by atoms with Gasteiger partial charge in [0.2, 0.25) is 0 Å². The zero-order valence-corrected chi connectivity index (χ0v) is 15.8. The van der Waals surface area contributed by atoms with E-state index in [0.29, 0.717) is 18.9 Å². The summed E-state index contributed by atoms with van der Waals surface area (Å²) in [5.41, 5.74) is -1.53. The van der Waals surface area contributed by atoms with Gasteiger partial charge in [-0.3, -0.25) is 9.59 Å². The van der Waals surface area contributed by atoms with Crippen LogP contribution in [0.1, 0.15) is 44.9 Å². The molecule has 1 aromatic carbocycles. The van der Waals surface area contributed by atoms with E-state index >= 15 is 0 Å². The number of aromatic nitrogens is 1. The summed E-state index contributed by atoms with van der Waals surface area (Å²) in [6.45, 7) is 1.61. The Morgan fingerprint density at radius 3 is 2.48 bits per heavy atom. The van der Waals surface area contributed by atoms with Gasteiger partial charge >= 0.3 is 6.18 Å². The van der Waals surface area contributed by atoms with Gasteiger partial charge < -0.3 is 4.90 Å². The van der Waals surface area contributed by atoms with Crippen molar-refractivity contribution in [3.63, 3.8) is 0 Å². The van der Waals surface area contributed by atoms with Gasteiger partial charge in [0.15, 0.2) is 11.6 Å². The summed E-state index contributed by atoms with van der Waals surface area (Å²) < 4.78 is 52.7. The van der Waals surface area contributed by atoms with Crippen LogP contribution in [0.2, 0.25) is 0 Å². The zero-order chi connectivity index (χ0) is 21.2. The average molecular weight is 408 g/mol. The molecule has 0 unspecified atom stereocenters. The summed E-state index contributed by atoms with van der Waals surface area (Å²) in [4.78, 5) is 31.5. The minimum absolute atomic E-state index is 0.120. The quantitative estimate of drug-likeness (QED) is 0.550. The predicted octanol–water partition coefficient (Wildman–Crippen LogP) is 4.19. The van der Waals surface area contributed by atoms with Gasteiger partial charge in [-0.1, -0.05) is 6.07 Å². The van der Waals surface area contributed by atoms with Crippen LogP contribution >= 0.6 is 0 Å². The summed E-state index contributed by atoms with van der Waals surface area (Å²) in [5, 5.41) is 0. The molecule has 0 atom stereocenters. The molecule has 0 spiro atoms. The molecule has 2 aromatic rings. The summed E-state index contributed by atoms with van der Waals surface area (Å²) in [6.07, 6.45) is -3.84. The number of nitrogens with zero attached hydrogens (tertiary/aromatic N) is 2. The number of rotatable bonds is 5. The highest BCUT2D eigenvalue weighted by Crippen LogP contribution is 2.33. The fraction of sp³-hybridized carbons (Fsp3) is 0.381. The van der Waals surface area contributed by atoms with Crippen molar-refractivity contribution in [2.24, 2.45) is 5.92 Å². The Labute approximate surface area is 165 Å². The molecule has 2 heterocycles. The third-order valence-corrected chi connectivity index (χ3v) is 5.08. The van der Waals surface area contributed by atoms with E-state index in [9.17, 15) is 27.2 Å². The molecule has 0 N–H and O–H groups in total. The third-order valence-electron chi connectivity index (χ3n) is 5.08. The number of alkyl halides is 3. The van der Waals surface area contributed by atoms with Crippen LogP contribution in [0.25, 0.3) is 0 Å². The number of carbonyl (C=O) groups is 2. The largest absolute Gasteiger partial charge is 0.417 e. The highest BCUT2D eigenvalue weighted by Gasteiger charge is 2.35. The number of pyridine rings is 1. The second kappa shape index (κ2) is 8.41. The van der Waals surface area contributed by atoms with Crippen LogP contribution in [0.5, 0.6) is 0 Å². The summed E-state index contributed by atoms with van der Waals surface area (Å²) >= 11 is 0. The zero-order valence-electron chi connectivity index (χ0n) is 15.8. The van der Waals surface area contributed by atoms with Crippen LogP contribution in [0.4, 0.5) is 17.6 Å². The second-order valence-corrected chi connectivity index (χ2v) is 7.24. The molecule has 4 nitrogen and oxygen atoms in total. The molecule has 1 aliphatic rings. The van der Waals surface area contributed by atoms with E-state index in [1.807, 2.05) is 7.05 Å². The van der Waals surface area contributed by atoms with E-state index < -0.39 is 35.3 Å². The first kappa shape index (κ1) is 21.1. The number of likely N-dealkylation sites (tertiary alicyclic amines) is 1. The molecule has 1 saturated heterocycles. The van der Waals surface area contributed by atoms with Gasteiger partial charge in [0.05, 0.1) is 12.0 Å². The number of hydrogen-bond donors (Lipinski definition) is 0. The summed E-state index contributed by atoms with van der Waals surface area (Å²) in [5.74, 6) is -2.19. The van der Waals surface area contributed by atoms with Crippen LogP contribution in [-0.2, 0) is 12.6 Å². The number of Topliss-reactive ketones (excluding diaryl/α,β-unsaturated/α-hetero) is 2. The standard InChI is InChI=1S/C21H20F4N2O2/c1-27-9-7-13(8-10-27)20(29)18-4-2-3-15(26-18)12-19(28)16-6-5-14(22)11-17(16)21(23,24)25/h2-6,11,13H,7-10,12H2,1H3. The van der Waals surface area contributed by atoms with Crippen molar-refractivity contribution in [3.05, 3.63) is 64.7 Å². The number of ketones is 2. The Bertz CT molecular complexity index is 919. The average Bonchev–Trinajstić information content (AvgIpc) is 2.67. The Kier molecular flexibility index (Phi) is 6.12. The molecule has 0 saturated carbocycles. The van der Waals surface area contributed by atoms with E-state index in [0.717, 1.165) is 25.2 Å². The van der Waals surface area contributed by atoms with Crippen LogP contribution in [0.3, 0.4) is 0 Å². The number of piperidine rings is 1. The number of benzene rings is 1. The molecule has 8 heteroatoms. The molecule has 154 valence electrons. The lowest BCUT2D eigenvalue weighted by Gasteiger charge is -2.27. The van der Waals surface area contributed by atoms with Crippen molar-refractivity contribution >= 4 is 11.6 Å². The molecular formula is C21H20F4N2O2. The SMILES string of the molecule is CN1CCC(C(=O)c2cccc(CC(=O)c3ccc(F)cc3C(F)(F)F)n2)CC1. The minimum Gasteiger partial charge on any atom is -0.306 e. The van der Waals surface area contributed by atoms with Gasteiger partial charge in [-0.15, -0.1) is 0 Å². The fourth-order valence-corrected chi connectivity index (χ4v) is 3.45. The first-order chi connectivity index (χ1) is 13.6. The lowest BCUT2D eigenvalue weighted by molar-refractivity contribution is -0.138. The van der Waals surface area contributed by atoms with E-state index in [2.05, 4.69) is 9.88 Å². The predicted molar refractivity (Wildman–Crippen MR) is 98.2 cm³/mol. The Balaban J connectivity index is 1.79. The van der Waals surface area contributed by atoms with E-state index in [1.54, 1.807) is 12.1 Å². The van der Waals surface area contributed by atoms with Crippen molar-refractivity contribution in [1.29, 1.82) is 0 Å². The number of carbonyl (C=O) groups excluding carboxylic acids is 2. The lowest BCUT2D eigenvalue weighted by atomic mass is 9.91. The Hall–Kier alpha value is -2.61. The maximum atomic E-state index is 13.2. The molecule has 0 amide bonds. The Morgan fingerprint density at radius 1 is 1.14 bits per heavy atom. The lowest BCUT2D eigenvalue weighted by Crippen LogP contribution is -2.33. The van der Waals surface area contributed by atoms with Crippen LogP contribution in [0.15, 0.2) is 36.4 Å². The topological polar surface area (TPSA) is 50.3 Å². The molecular weight excluding hydrogens is 388 g/mol.